The van der Waals surface area contributed by atoms with Crippen LogP contribution in [0.5, 0.6) is 0 Å². The second-order valence-electron chi connectivity index (χ2n) is 5.50. The van der Waals surface area contributed by atoms with Crippen molar-refractivity contribution in [3.63, 3.8) is 0 Å². The van der Waals surface area contributed by atoms with Crippen molar-refractivity contribution in [2.75, 3.05) is 33.2 Å². The molecule has 0 aromatic heterocycles. The summed E-state index contributed by atoms with van der Waals surface area (Å²) in [5.41, 5.74) is 0. The minimum Gasteiger partial charge on any atom is -0.338 e. The average molecular weight is 284 g/mol. The molecule has 1 rings (SSSR count). The second-order valence-corrected chi connectivity index (χ2v) is 5.50. The largest absolute Gasteiger partial charge is 0.338 e. The fraction of sp³-hybridized carbons (Fsp3) is 0.857. The van der Waals surface area contributed by atoms with Crippen LogP contribution in [0.3, 0.4) is 0 Å². The van der Waals surface area contributed by atoms with Gasteiger partial charge in [-0.05, 0) is 32.9 Å². The Kier molecular flexibility index (Phi) is 8.22. The van der Waals surface area contributed by atoms with Gasteiger partial charge < -0.3 is 10.6 Å². The number of imide groups is 1. The Morgan fingerprint density at radius 2 is 2.15 bits per heavy atom. The van der Waals surface area contributed by atoms with E-state index in [1.807, 2.05) is 11.9 Å². The molecule has 0 aromatic rings. The van der Waals surface area contributed by atoms with E-state index in [0.29, 0.717) is 12.6 Å². The van der Waals surface area contributed by atoms with Gasteiger partial charge in [-0.2, -0.15) is 0 Å². The summed E-state index contributed by atoms with van der Waals surface area (Å²) >= 11 is 0. The summed E-state index contributed by atoms with van der Waals surface area (Å²) in [5, 5.41) is 8.47. The molecule has 1 unspecified atom stereocenters. The van der Waals surface area contributed by atoms with Crippen LogP contribution < -0.4 is 16.0 Å². The van der Waals surface area contributed by atoms with E-state index in [9.17, 15) is 9.59 Å². The minimum atomic E-state index is -0.396. The number of nitrogens with one attached hydrogen (secondary N) is 3. The number of rotatable bonds is 7. The van der Waals surface area contributed by atoms with Gasteiger partial charge in [-0.3, -0.25) is 15.0 Å². The van der Waals surface area contributed by atoms with E-state index >= 15 is 0 Å². The quantitative estimate of drug-likeness (QED) is 0.601. The van der Waals surface area contributed by atoms with Crippen molar-refractivity contribution in [1.29, 1.82) is 0 Å². The summed E-state index contributed by atoms with van der Waals surface area (Å²) in [6, 6.07) is 0.0626. The maximum atomic E-state index is 11.7. The molecule has 116 valence electrons. The number of amides is 3. The van der Waals surface area contributed by atoms with Crippen molar-refractivity contribution < 1.29 is 9.59 Å². The smallest absolute Gasteiger partial charge is 0.321 e. The molecule has 0 saturated carbocycles. The van der Waals surface area contributed by atoms with Gasteiger partial charge in [0.05, 0.1) is 6.54 Å². The molecular weight excluding hydrogens is 256 g/mol. The Bertz CT molecular complexity index is 304. The van der Waals surface area contributed by atoms with Crippen molar-refractivity contribution in [2.24, 2.45) is 0 Å². The monoisotopic (exact) mass is 284 g/mol. The van der Waals surface area contributed by atoms with Crippen molar-refractivity contribution in [3.8, 4) is 0 Å². The van der Waals surface area contributed by atoms with Gasteiger partial charge in [0.15, 0.2) is 0 Å². The molecule has 0 bridgehead atoms. The van der Waals surface area contributed by atoms with E-state index in [1.54, 1.807) is 0 Å². The molecule has 1 fully saturated rings. The summed E-state index contributed by atoms with van der Waals surface area (Å²) in [7, 11) is 1.91. The van der Waals surface area contributed by atoms with Gasteiger partial charge in [-0.1, -0.05) is 19.8 Å². The molecule has 3 amide bonds. The number of unbranched alkanes of at least 4 members (excludes halogenated alkanes) is 1. The summed E-state index contributed by atoms with van der Waals surface area (Å²) in [6.07, 6.45) is 5.58. The van der Waals surface area contributed by atoms with Crippen molar-refractivity contribution in [1.82, 2.24) is 20.9 Å². The lowest BCUT2D eigenvalue weighted by Gasteiger charge is -2.27. The van der Waals surface area contributed by atoms with Gasteiger partial charge in [0.25, 0.3) is 0 Å². The molecular formula is C14H28N4O2. The first-order chi connectivity index (χ1) is 9.61. The van der Waals surface area contributed by atoms with Gasteiger partial charge in [-0.15, -0.1) is 0 Å². The number of carbonyl (C=O) groups is 2. The fourth-order valence-corrected chi connectivity index (χ4v) is 2.35. The predicted molar refractivity (Wildman–Crippen MR) is 79.6 cm³/mol. The van der Waals surface area contributed by atoms with E-state index in [2.05, 4.69) is 22.9 Å². The van der Waals surface area contributed by atoms with Crippen LogP contribution in [0.25, 0.3) is 0 Å². The number of hydrogen-bond donors (Lipinski definition) is 3. The molecule has 1 saturated heterocycles. The summed E-state index contributed by atoms with van der Waals surface area (Å²) in [4.78, 5) is 25.1. The summed E-state index contributed by atoms with van der Waals surface area (Å²) < 4.78 is 0. The average Bonchev–Trinajstić information content (AvgIpc) is 2.39. The third-order valence-electron chi connectivity index (χ3n) is 3.43. The zero-order chi connectivity index (χ0) is 14.8. The number of carbonyl (C=O) groups excluding carboxylic acids is 2. The molecule has 1 heterocycles. The molecule has 20 heavy (non-hydrogen) atoms. The van der Waals surface area contributed by atoms with Gasteiger partial charge in [0, 0.05) is 19.1 Å². The van der Waals surface area contributed by atoms with E-state index in [-0.39, 0.29) is 12.5 Å². The van der Waals surface area contributed by atoms with Crippen molar-refractivity contribution in [2.45, 2.75) is 45.1 Å². The van der Waals surface area contributed by atoms with Gasteiger partial charge >= 0.3 is 6.03 Å². The normalized spacial score (nSPS) is 18.9. The Balaban J connectivity index is 2.15. The molecule has 1 aliphatic rings. The van der Waals surface area contributed by atoms with Crippen LogP contribution in [-0.4, -0.2) is 56.1 Å². The predicted octanol–water partition coefficient (Wildman–Crippen LogP) is 0.686. The lowest BCUT2D eigenvalue weighted by atomic mass is 10.0. The SMILES string of the molecule is CCCCNC(=O)NC(=O)CN(C)CC1CCCCN1. The highest BCUT2D eigenvalue weighted by molar-refractivity contribution is 5.95. The van der Waals surface area contributed by atoms with E-state index < -0.39 is 6.03 Å². The lowest BCUT2D eigenvalue weighted by Crippen LogP contribution is -2.47. The first-order valence-electron chi connectivity index (χ1n) is 7.61. The third-order valence-corrected chi connectivity index (χ3v) is 3.43. The zero-order valence-corrected chi connectivity index (χ0v) is 12.7. The molecule has 6 nitrogen and oxygen atoms in total. The lowest BCUT2D eigenvalue weighted by molar-refractivity contribution is -0.120. The molecule has 0 aromatic carbocycles. The van der Waals surface area contributed by atoms with Crippen LogP contribution in [0.1, 0.15) is 39.0 Å². The first-order valence-corrected chi connectivity index (χ1v) is 7.61. The second kappa shape index (κ2) is 9.72. The molecule has 1 atom stereocenters. The Morgan fingerprint density at radius 1 is 1.35 bits per heavy atom. The molecule has 0 spiro atoms. The maximum absolute atomic E-state index is 11.7. The minimum absolute atomic E-state index is 0.249. The summed E-state index contributed by atoms with van der Waals surface area (Å²) in [6.45, 7) is 4.81. The molecule has 6 heteroatoms. The van der Waals surface area contributed by atoms with E-state index in [1.165, 1.54) is 12.8 Å². The standard InChI is InChI=1S/C14H28N4O2/c1-3-4-8-16-14(20)17-13(19)11-18(2)10-12-7-5-6-9-15-12/h12,15H,3-11H2,1-2H3,(H2,16,17,19,20). The van der Waals surface area contributed by atoms with Crippen LogP contribution in [0, 0.1) is 0 Å². The highest BCUT2D eigenvalue weighted by atomic mass is 16.2. The van der Waals surface area contributed by atoms with Crippen LogP contribution >= 0.6 is 0 Å². The highest BCUT2D eigenvalue weighted by Gasteiger charge is 2.16. The van der Waals surface area contributed by atoms with E-state index in [4.69, 9.17) is 0 Å². The Labute approximate surface area is 121 Å². The Hall–Kier alpha value is -1.14. The van der Waals surface area contributed by atoms with Crippen LogP contribution in [0.2, 0.25) is 0 Å². The van der Waals surface area contributed by atoms with E-state index in [0.717, 1.165) is 32.4 Å². The maximum Gasteiger partial charge on any atom is 0.321 e. The number of likely N-dealkylation sites (N-methyl/N-ethyl adjacent to an activating group) is 1. The van der Waals surface area contributed by atoms with Gasteiger partial charge in [-0.25, -0.2) is 4.79 Å². The van der Waals surface area contributed by atoms with Crippen LogP contribution in [0.4, 0.5) is 4.79 Å². The molecule has 0 aliphatic carbocycles. The number of hydrogen-bond acceptors (Lipinski definition) is 4. The van der Waals surface area contributed by atoms with Gasteiger partial charge in [0.2, 0.25) is 5.91 Å². The summed E-state index contributed by atoms with van der Waals surface area (Å²) in [5.74, 6) is -0.252. The van der Waals surface area contributed by atoms with Crippen molar-refractivity contribution in [3.05, 3.63) is 0 Å². The molecule has 1 aliphatic heterocycles. The first kappa shape index (κ1) is 16.9. The number of urea groups is 1. The van der Waals surface area contributed by atoms with Crippen LogP contribution in [0.15, 0.2) is 0 Å². The number of piperidine rings is 1. The molecule has 0 radical (unpaired) electrons. The fourth-order valence-electron chi connectivity index (χ4n) is 2.35. The molecule has 3 N–H and O–H groups in total. The number of nitrogens with zero attached hydrogens (tertiary/aromatic N) is 1. The Morgan fingerprint density at radius 3 is 2.80 bits per heavy atom. The zero-order valence-electron chi connectivity index (χ0n) is 12.7. The van der Waals surface area contributed by atoms with Gasteiger partial charge in [0.1, 0.15) is 0 Å². The van der Waals surface area contributed by atoms with Crippen LogP contribution in [-0.2, 0) is 4.79 Å². The third kappa shape index (κ3) is 7.45. The van der Waals surface area contributed by atoms with Crippen molar-refractivity contribution >= 4 is 11.9 Å². The highest BCUT2D eigenvalue weighted by Crippen LogP contribution is 2.07. The topological polar surface area (TPSA) is 73.5 Å².